The molecule has 0 saturated heterocycles. The number of aromatic amines is 1. The van der Waals surface area contributed by atoms with Crippen LogP contribution in [0.2, 0.25) is 0 Å². The molecule has 2 heterocycles. The van der Waals surface area contributed by atoms with Gasteiger partial charge in [0.15, 0.2) is 5.52 Å². The molecule has 0 aliphatic rings. The van der Waals surface area contributed by atoms with E-state index in [-0.39, 0.29) is 29.9 Å². The molecular formula is C12H20N5O5P. The molecule has 0 aliphatic carbocycles. The highest BCUT2D eigenvalue weighted by atomic mass is 31.2. The molecule has 2 rings (SSSR count). The second-order valence-electron chi connectivity index (χ2n) is 4.55. The van der Waals surface area contributed by atoms with Crippen LogP contribution >= 0.6 is 7.60 Å². The first-order valence-electron chi connectivity index (χ1n) is 7.23. The van der Waals surface area contributed by atoms with Crippen LogP contribution in [-0.4, -0.2) is 45.7 Å². The molecule has 0 fully saturated rings. The molecule has 3 N–H and O–H groups in total. The van der Waals surface area contributed by atoms with Crippen molar-refractivity contribution in [2.24, 2.45) is 0 Å². The highest BCUT2D eigenvalue weighted by molar-refractivity contribution is 7.53. The molecule has 0 atom stereocenters. The molecule has 23 heavy (non-hydrogen) atoms. The molecule has 0 amide bonds. The van der Waals surface area contributed by atoms with Crippen molar-refractivity contribution in [1.82, 2.24) is 19.7 Å². The first-order chi connectivity index (χ1) is 11.0. The van der Waals surface area contributed by atoms with E-state index in [0.29, 0.717) is 19.6 Å². The van der Waals surface area contributed by atoms with E-state index >= 15 is 0 Å². The normalized spacial score (nSPS) is 11.9. The van der Waals surface area contributed by atoms with Gasteiger partial charge in [-0.05, 0) is 20.3 Å². The number of nitrogens with one attached hydrogen (secondary N) is 1. The predicted octanol–water partition coefficient (Wildman–Crippen LogP) is 0.787. The number of nitrogens with two attached hydrogens (primary N) is 1. The minimum Gasteiger partial charge on any atom is -0.411 e. The van der Waals surface area contributed by atoms with E-state index in [4.69, 9.17) is 19.6 Å². The number of H-pyrrole nitrogens is 1. The van der Waals surface area contributed by atoms with Crippen LogP contribution in [-0.2, 0) is 13.6 Å². The summed E-state index contributed by atoms with van der Waals surface area (Å²) in [6.45, 7) is 4.37. The third-order valence-electron chi connectivity index (χ3n) is 2.85. The average molecular weight is 345 g/mol. The molecule has 0 radical (unpaired) electrons. The van der Waals surface area contributed by atoms with E-state index < -0.39 is 13.2 Å². The first-order valence-corrected chi connectivity index (χ1v) is 8.96. The van der Waals surface area contributed by atoms with E-state index in [9.17, 15) is 9.36 Å². The number of imidazole rings is 1. The number of fused-ring (bicyclic) bond motifs is 1. The molecule has 11 heteroatoms. The molecule has 128 valence electrons. The van der Waals surface area contributed by atoms with Gasteiger partial charge < -0.3 is 19.6 Å². The second kappa shape index (κ2) is 7.58. The average Bonchev–Trinajstić information content (AvgIpc) is 2.87. The Morgan fingerprint density at radius 2 is 2.04 bits per heavy atom. The van der Waals surface area contributed by atoms with Crippen molar-refractivity contribution in [3.8, 4) is 0 Å². The Kier molecular flexibility index (Phi) is 5.75. The predicted molar refractivity (Wildman–Crippen MR) is 84.4 cm³/mol. The molecule has 0 spiro atoms. The van der Waals surface area contributed by atoms with Crippen LogP contribution in [0.3, 0.4) is 0 Å². The van der Waals surface area contributed by atoms with Gasteiger partial charge >= 0.3 is 7.60 Å². The van der Waals surface area contributed by atoms with Gasteiger partial charge in [0, 0.05) is 0 Å². The number of nitrogens with zero attached hydrogens (tertiary/aromatic N) is 3. The Labute approximate surface area is 132 Å². The Hall–Kier alpha value is -1.90. The fourth-order valence-electron chi connectivity index (χ4n) is 1.98. The van der Waals surface area contributed by atoms with Crippen LogP contribution in [0.5, 0.6) is 0 Å². The lowest BCUT2D eigenvalue weighted by Gasteiger charge is -2.16. The van der Waals surface area contributed by atoms with Crippen LogP contribution < -0.4 is 16.1 Å². The van der Waals surface area contributed by atoms with E-state index in [1.807, 2.05) is 0 Å². The van der Waals surface area contributed by atoms with Crippen LogP contribution in [0, 0.1) is 0 Å². The van der Waals surface area contributed by atoms with Gasteiger partial charge in [-0.25, -0.2) is 4.98 Å². The van der Waals surface area contributed by atoms with Gasteiger partial charge in [-0.2, -0.15) is 9.71 Å². The summed E-state index contributed by atoms with van der Waals surface area (Å²) in [6.07, 6.45) is 2.00. The summed E-state index contributed by atoms with van der Waals surface area (Å²) in [7, 11) is -3.09. The summed E-state index contributed by atoms with van der Waals surface area (Å²) in [5, 5.41) is 0. The maximum Gasteiger partial charge on any atom is 0.330 e. The standard InChI is InChI=1S/C12H20N5O5P/c1-3-21-23(19,22-4-2)7-5-6-20-17-8-14-9-10(17)15-12(13)16-11(9)18/h8H,3-7H2,1-2H3,(H3,13,15,16,18). The van der Waals surface area contributed by atoms with Crippen molar-refractivity contribution in [3.05, 3.63) is 16.7 Å². The minimum absolute atomic E-state index is 0.0231. The van der Waals surface area contributed by atoms with E-state index in [1.54, 1.807) is 13.8 Å². The zero-order valence-electron chi connectivity index (χ0n) is 13.0. The molecule has 0 saturated carbocycles. The first kappa shape index (κ1) is 17.5. The number of nitrogen functional groups attached to an aromatic ring is 1. The van der Waals surface area contributed by atoms with Crippen molar-refractivity contribution in [3.63, 3.8) is 0 Å². The lowest BCUT2D eigenvalue weighted by molar-refractivity contribution is 0.116. The van der Waals surface area contributed by atoms with Gasteiger partial charge in [0.05, 0.1) is 19.4 Å². The molecule has 10 nitrogen and oxygen atoms in total. The van der Waals surface area contributed by atoms with E-state index in [0.717, 1.165) is 0 Å². The van der Waals surface area contributed by atoms with Crippen molar-refractivity contribution >= 4 is 24.7 Å². The quantitative estimate of drug-likeness (QED) is 0.503. The van der Waals surface area contributed by atoms with Gasteiger partial charge in [-0.1, -0.05) is 0 Å². The maximum atomic E-state index is 12.3. The SMILES string of the molecule is CCOP(=O)(CCCOn1cnc2c(=O)[nH]c(N)nc21)OCC. The number of rotatable bonds is 9. The molecular weight excluding hydrogens is 325 g/mol. The van der Waals surface area contributed by atoms with Crippen LogP contribution in [0.1, 0.15) is 20.3 Å². The highest BCUT2D eigenvalue weighted by Gasteiger charge is 2.22. The summed E-state index contributed by atoms with van der Waals surface area (Å²) in [6, 6.07) is 0. The van der Waals surface area contributed by atoms with E-state index in [2.05, 4.69) is 15.0 Å². The van der Waals surface area contributed by atoms with Crippen LogP contribution in [0.4, 0.5) is 5.95 Å². The Bertz CT molecular complexity index is 748. The fraction of sp³-hybridized carbons (Fsp3) is 0.583. The molecule has 2 aromatic rings. The van der Waals surface area contributed by atoms with Gasteiger partial charge in [-0.3, -0.25) is 14.3 Å². The lowest BCUT2D eigenvalue weighted by Crippen LogP contribution is -2.16. The third-order valence-corrected chi connectivity index (χ3v) is 5.02. The van der Waals surface area contributed by atoms with Gasteiger partial charge in [-0.15, -0.1) is 0 Å². The van der Waals surface area contributed by atoms with Crippen LogP contribution in [0.25, 0.3) is 11.2 Å². The maximum absolute atomic E-state index is 12.3. The van der Waals surface area contributed by atoms with Crippen molar-refractivity contribution in [2.75, 3.05) is 31.7 Å². The number of hydrogen-bond donors (Lipinski definition) is 2. The monoisotopic (exact) mass is 345 g/mol. The molecule has 2 aromatic heterocycles. The van der Waals surface area contributed by atoms with Crippen molar-refractivity contribution in [2.45, 2.75) is 20.3 Å². The molecule has 0 unspecified atom stereocenters. The van der Waals surface area contributed by atoms with Crippen molar-refractivity contribution in [1.29, 1.82) is 0 Å². The number of hydrogen-bond acceptors (Lipinski definition) is 8. The highest BCUT2D eigenvalue weighted by Crippen LogP contribution is 2.48. The fourth-order valence-corrected chi connectivity index (χ4v) is 3.62. The summed E-state index contributed by atoms with van der Waals surface area (Å²) in [4.78, 5) is 27.4. The molecule has 0 aromatic carbocycles. The summed E-state index contributed by atoms with van der Waals surface area (Å²) < 4.78 is 23.9. The van der Waals surface area contributed by atoms with E-state index in [1.165, 1.54) is 11.1 Å². The summed E-state index contributed by atoms with van der Waals surface area (Å²) >= 11 is 0. The number of aromatic nitrogens is 4. The molecule has 0 aliphatic heterocycles. The Morgan fingerprint density at radius 1 is 1.35 bits per heavy atom. The zero-order chi connectivity index (χ0) is 16.9. The Balaban J connectivity index is 1.97. The smallest absolute Gasteiger partial charge is 0.330 e. The van der Waals surface area contributed by atoms with Crippen LogP contribution in [0.15, 0.2) is 11.1 Å². The van der Waals surface area contributed by atoms with Gasteiger partial charge in [0.1, 0.15) is 12.9 Å². The summed E-state index contributed by atoms with van der Waals surface area (Å²) in [5.74, 6) is -0.0231. The third kappa shape index (κ3) is 4.31. The zero-order valence-corrected chi connectivity index (χ0v) is 13.9. The second-order valence-corrected chi connectivity index (χ2v) is 6.74. The largest absolute Gasteiger partial charge is 0.411 e. The Morgan fingerprint density at radius 3 is 2.70 bits per heavy atom. The summed E-state index contributed by atoms with van der Waals surface area (Å²) in [5.41, 5.74) is 5.42. The van der Waals surface area contributed by atoms with Crippen molar-refractivity contribution < 1.29 is 18.5 Å². The topological polar surface area (TPSA) is 134 Å². The number of anilines is 1. The lowest BCUT2D eigenvalue weighted by atomic mass is 10.5. The molecule has 0 bridgehead atoms. The minimum atomic E-state index is -3.09. The van der Waals surface area contributed by atoms with Gasteiger partial charge in [0.25, 0.3) is 5.56 Å². The van der Waals surface area contributed by atoms with Gasteiger partial charge in [0.2, 0.25) is 11.6 Å².